The average Bonchev–Trinajstić information content (AvgIpc) is 2.07. The Morgan fingerprint density at radius 2 is 1.67 bits per heavy atom. The highest BCUT2D eigenvalue weighted by Gasteiger charge is 1.85. The SMILES string of the molecule is Cc1ccccc1.NCP(O)O. The van der Waals surface area contributed by atoms with E-state index in [9.17, 15) is 0 Å². The second-order valence-electron chi connectivity index (χ2n) is 2.21. The summed E-state index contributed by atoms with van der Waals surface area (Å²) in [5.41, 5.74) is 6.02. The lowest BCUT2D eigenvalue weighted by Gasteiger charge is -1.88. The maximum Gasteiger partial charge on any atom is 0.179 e. The first-order valence-electron chi connectivity index (χ1n) is 3.54. The molecule has 1 aromatic carbocycles. The second-order valence-corrected chi connectivity index (χ2v) is 3.32. The molecule has 0 fully saturated rings. The molecule has 0 atom stereocenters. The van der Waals surface area contributed by atoms with Gasteiger partial charge in [0.25, 0.3) is 0 Å². The molecule has 0 saturated carbocycles. The van der Waals surface area contributed by atoms with Crippen LogP contribution < -0.4 is 5.73 Å². The highest BCUT2D eigenvalue weighted by atomic mass is 31.2. The van der Waals surface area contributed by atoms with E-state index in [4.69, 9.17) is 15.5 Å². The van der Waals surface area contributed by atoms with Gasteiger partial charge in [-0.25, -0.2) is 0 Å². The van der Waals surface area contributed by atoms with Gasteiger partial charge < -0.3 is 15.5 Å². The van der Waals surface area contributed by atoms with Crippen LogP contribution in [0.25, 0.3) is 0 Å². The number of aryl methyl sites for hydroxylation is 1. The van der Waals surface area contributed by atoms with Crippen LogP contribution >= 0.6 is 8.38 Å². The van der Waals surface area contributed by atoms with Crippen LogP contribution in [0.2, 0.25) is 0 Å². The summed E-state index contributed by atoms with van der Waals surface area (Å²) in [7, 11) is -1.82. The van der Waals surface area contributed by atoms with E-state index in [2.05, 4.69) is 19.1 Å². The van der Waals surface area contributed by atoms with Crippen molar-refractivity contribution in [2.24, 2.45) is 5.73 Å². The number of rotatable bonds is 1. The number of benzene rings is 1. The molecule has 0 aromatic heterocycles. The average molecular weight is 187 g/mol. The number of nitrogens with two attached hydrogens (primary N) is 1. The summed E-state index contributed by atoms with van der Waals surface area (Å²) in [5.74, 6) is 0. The highest BCUT2D eigenvalue weighted by Crippen LogP contribution is 2.16. The van der Waals surface area contributed by atoms with Gasteiger partial charge in [-0.05, 0) is 6.92 Å². The van der Waals surface area contributed by atoms with Gasteiger partial charge in [0.05, 0.1) is 6.29 Å². The molecule has 0 bridgehead atoms. The van der Waals surface area contributed by atoms with Gasteiger partial charge in [-0.2, -0.15) is 0 Å². The third-order valence-corrected chi connectivity index (χ3v) is 1.43. The molecule has 1 aromatic rings. The van der Waals surface area contributed by atoms with E-state index in [-0.39, 0.29) is 6.29 Å². The smallest absolute Gasteiger partial charge is 0.179 e. The zero-order valence-corrected chi connectivity index (χ0v) is 7.91. The molecule has 0 amide bonds. The summed E-state index contributed by atoms with van der Waals surface area (Å²) in [4.78, 5) is 15.7. The Morgan fingerprint density at radius 1 is 1.25 bits per heavy atom. The van der Waals surface area contributed by atoms with Crippen molar-refractivity contribution in [3.05, 3.63) is 35.9 Å². The van der Waals surface area contributed by atoms with Gasteiger partial charge in [0.1, 0.15) is 0 Å². The Kier molecular flexibility index (Phi) is 6.91. The number of hydrogen-bond donors (Lipinski definition) is 3. The first kappa shape index (κ1) is 11.5. The van der Waals surface area contributed by atoms with Crippen LogP contribution in [0.4, 0.5) is 0 Å². The van der Waals surface area contributed by atoms with Crippen LogP contribution in [0.15, 0.2) is 30.3 Å². The van der Waals surface area contributed by atoms with Gasteiger partial charge in [-0.3, -0.25) is 0 Å². The Morgan fingerprint density at radius 3 is 1.83 bits per heavy atom. The predicted molar refractivity (Wildman–Crippen MR) is 51.6 cm³/mol. The molecule has 0 aliphatic rings. The first-order chi connectivity index (χ1) is 5.66. The molecule has 68 valence electrons. The third-order valence-electron chi connectivity index (χ3n) is 1.10. The van der Waals surface area contributed by atoms with Gasteiger partial charge in [-0.15, -0.1) is 0 Å². The fraction of sp³-hybridized carbons (Fsp3) is 0.250. The standard InChI is InChI=1S/C7H8.CH6NO2P/c1-7-5-3-2-4-6-7;2-1-5(3)4/h2-6H,1H3;3-4H,1-2H2. The summed E-state index contributed by atoms with van der Waals surface area (Å²) in [6.45, 7) is 2.08. The molecule has 3 nitrogen and oxygen atoms in total. The molecule has 12 heavy (non-hydrogen) atoms. The van der Waals surface area contributed by atoms with Crippen molar-refractivity contribution in [1.82, 2.24) is 0 Å². The van der Waals surface area contributed by atoms with Gasteiger partial charge in [0, 0.05) is 0 Å². The molecule has 0 saturated heterocycles. The maximum absolute atomic E-state index is 7.86. The van der Waals surface area contributed by atoms with Crippen molar-refractivity contribution in [2.75, 3.05) is 6.29 Å². The summed E-state index contributed by atoms with van der Waals surface area (Å²) >= 11 is 0. The van der Waals surface area contributed by atoms with Crippen LogP contribution in [-0.4, -0.2) is 16.1 Å². The molecule has 0 radical (unpaired) electrons. The van der Waals surface area contributed by atoms with Crippen molar-refractivity contribution in [3.63, 3.8) is 0 Å². The maximum atomic E-state index is 7.86. The zero-order valence-electron chi connectivity index (χ0n) is 7.01. The van der Waals surface area contributed by atoms with Crippen molar-refractivity contribution >= 4 is 8.38 Å². The Hall–Kier alpha value is -0.470. The van der Waals surface area contributed by atoms with E-state index < -0.39 is 8.38 Å². The quantitative estimate of drug-likeness (QED) is 0.578. The Labute approximate surface area is 73.8 Å². The van der Waals surface area contributed by atoms with Crippen LogP contribution in [-0.2, 0) is 0 Å². The van der Waals surface area contributed by atoms with Gasteiger partial charge >= 0.3 is 0 Å². The highest BCUT2D eigenvalue weighted by molar-refractivity contribution is 7.44. The van der Waals surface area contributed by atoms with E-state index in [1.165, 1.54) is 5.56 Å². The fourth-order valence-corrected chi connectivity index (χ4v) is 0.534. The van der Waals surface area contributed by atoms with Gasteiger partial charge in [0.2, 0.25) is 0 Å². The summed E-state index contributed by atoms with van der Waals surface area (Å²) in [6, 6.07) is 10.3. The zero-order chi connectivity index (χ0) is 9.40. The normalized spacial score (nSPS) is 9.08. The largest absolute Gasteiger partial charge is 0.349 e. The summed E-state index contributed by atoms with van der Waals surface area (Å²) in [5, 5.41) is 0. The topological polar surface area (TPSA) is 66.5 Å². The summed E-state index contributed by atoms with van der Waals surface area (Å²) in [6.07, 6.45) is -0.0185. The van der Waals surface area contributed by atoms with Crippen LogP contribution in [0.3, 0.4) is 0 Å². The fourth-order valence-electron chi connectivity index (χ4n) is 0.534. The monoisotopic (exact) mass is 187 g/mol. The molecular formula is C8H14NO2P. The van der Waals surface area contributed by atoms with Gasteiger partial charge in [0.15, 0.2) is 8.38 Å². The van der Waals surface area contributed by atoms with Crippen molar-refractivity contribution < 1.29 is 9.79 Å². The van der Waals surface area contributed by atoms with Crippen LogP contribution in [0, 0.1) is 6.92 Å². The van der Waals surface area contributed by atoms with Crippen molar-refractivity contribution in [1.29, 1.82) is 0 Å². The molecule has 0 unspecified atom stereocenters. The number of hydrogen-bond acceptors (Lipinski definition) is 3. The minimum absolute atomic E-state index is 0.0185. The Bertz CT molecular complexity index is 192. The Balaban J connectivity index is 0.000000217. The predicted octanol–water partition coefficient (Wildman–Crippen LogP) is 1.19. The molecule has 4 N–H and O–H groups in total. The van der Waals surface area contributed by atoms with E-state index in [1.807, 2.05) is 18.2 Å². The van der Waals surface area contributed by atoms with E-state index >= 15 is 0 Å². The molecule has 0 heterocycles. The minimum Gasteiger partial charge on any atom is -0.349 e. The van der Waals surface area contributed by atoms with E-state index in [1.54, 1.807) is 0 Å². The van der Waals surface area contributed by atoms with E-state index in [0.717, 1.165) is 0 Å². The van der Waals surface area contributed by atoms with Gasteiger partial charge in [-0.1, -0.05) is 35.9 Å². The second kappa shape index (κ2) is 7.19. The van der Waals surface area contributed by atoms with Crippen LogP contribution in [0.1, 0.15) is 5.56 Å². The van der Waals surface area contributed by atoms with Crippen LogP contribution in [0.5, 0.6) is 0 Å². The molecule has 4 heteroatoms. The lowest BCUT2D eigenvalue weighted by atomic mass is 10.2. The molecule has 0 aliphatic carbocycles. The van der Waals surface area contributed by atoms with Crippen molar-refractivity contribution in [3.8, 4) is 0 Å². The molecular weight excluding hydrogens is 173 g/mol. The van der Waals surface area contributed by atoms with E-state index in [0.29, 0.717) is 0 Å². The molecule has 0 spiro atoms. The third kappa shape index (κ3) is 7.63. The van der Waals surface area contributed by atoms with Crippen molar-refractivity contribution in [2.45, 2.75) is 6.92 Å². The lowest BCUT2D eigenvalue weighted by Crippen LogP contribution is -1.93. The lowest BCUT2D eigenvalue weighted by molar-refractivity contribution is 0.483. The molecule has 1 rings (SSSR count). The minimum atomic E-state index is -1.82. The summed E-state index contributed by atoms with van der Waals surface area (Å²) < 4.78 is 0. The first-order valence-corrected chi connectivity index (χ1v) is 4.97. The molecule has 0 aliphatic heterocycles.